The van der Waals surface area contributed by atoms with E-state index in [2.05, 4.69) is 207 Å². The van der Waals surface area contributed by atoms with E-state index in [0.29, 0.717) is 12.8 Å². The van der Waals surface area contributed by atoms with Crippen LogP contribution in [0, 0.1) is 0 Å². The highest BCUT2D eigenvalue weighted by atomic mass is 16.3. The van der Waals surface area contributed by atoms with Gasteiger partial charge in [-0.05, 0) is 109 Å². The first-order chi connectivity index (χ1) is 30.6. The molecule has 0 aliphatic heterocycles. The van der Waals surface area contributed by atoms with Crippen LogP contribution in [0.5, 0.6) is 0 Å². The molecule has 306 valence electrons. The molecule has 2 heterocycles. The van der Waals surface area contributed by atoms with Gasteiger partial charge < -0.3 is 18.6 Å². The smallest absolute Gasteiger partial charge is 0.143 e. The Kier molecular flexibility index (Phi) is 11.7. The van der Waals surface area contributed by atoms with Crippen molar-refractivity contribution < 1.29 is 8.83 Å². The maximum atomic E-state index is 7.09. The minimum absolute atomic E-state index is 0.656. The van der Waals surface area contributed by atoms with Crippen LogP contribution in [-0.4, -0.2) is 13.1 Å². The normalized spacial score (nSPS) is 11.8. The minimum Gasteiger partial charge on any atom is -0.456 e. The first-order valence-corrected chi connectivity index (χ1v) is 21.7. The molecule has 9 rings (SSSR count). The Labute approximate surface area is 365 Å². The Bertz CT molecular complexity index is 2930. The molecule has 0 atom stereocenters. The van der Waals surface area contributed by atoms with Crippen LogP contribution < -0.4 is 9.80 Å². The van der Waals surface area contributed by atoms with Crippen molar-refractivity contribution in [1.29, 1.82) is 0 Å². The summed E-state index contributed by atoms with van der Waals surface area (Å²) in [5.74, 6) is 0. The summed E-state index contributed by atoms with van der Waals surface area (Å²) in [6.07, 6.45) is 15.6. The van der Waals surface area contributed by atoms with E-state index in [-0.39, 0.29) is 0 Å². The second kappa shape index (κ2) is 18.1. The van der Waals surface area contributed by atoms with Crippen molar-refractivity contribution in [2.75, 3.05) is 22.9 Å². The van der Waals surface area contributed by atoms with Crippen LogP contribution in [0.2, 0.25) is 0 Å². The highest BCUT2D eigenvalue weighted by Gasteiger charge is 2.27. The number of allylic oxidation sites excluding steroid dienone is 4. The van der Waals surface area contributed by atoms with Gasteiger partial charge in [0.1, 0.15) is 22.3 Å². The first kappa shape index (κ1) is 40.1. The molecule has 0 aliphatic rings. The SMILES string of the molecule is C=CCc1ccccc1N(C/C=C\C)c1ccc2oc3c(Cc4ccccc4)c4oc5ccc(N(C/C=C\C)c6ccccc6CC=C)cc5c4c(Cc4ccccc4)c3c2c1. The summed E-state index contributed by atoms with van der Waals surface area (Å²) in [7, 11) is 0. The van der Waals surface area contributed by atoms with Gasteiger partial charge in [-0.15, -0.1) is 13.2 Å². The van der Waals surface area contributed by atoms with E-state index in [1.807, 2.05) is 12.2 Å². The standard InChI is InChI=1S/C58H52N2O2/c1-5-9-35-59(51-29-19-17-27-43(51)21-7-3)45-31-33-53-47(39-45)55-49(37-41-23-13-11-14-24-41)56-48-40-46(60(36-10-6-2)52-30-20-18-28-44(52)22-8-4)32-34-54(48)62-58(56)50(57(55)61-53)38-42-25-15-12-16-26-42/h5-20,23-34,39-40H,3-4,21-22,35-38H2,1-2H3/b9-5-,10-6-. The molecule has 9 aromatic rings. The summed E-state index contributed by atoms with van der Waals surface area (Å²) < 4.78 is 14.2. The van der Waals surface area contributed by atoms with Crippen molar-refractivity contribution in [3.63, 3.8) is 0 Å². The Hall–Kier alpha value is -7.30. The topological polar surface area (TPSA) is 32.8 Å². The quantitative estimate of drug-likeness (QED) is 0.0911. The molecule has 0 N–H and O–H groups in total. The second-order valence-corrected chi connectivity index (χ2v) is 15.9. The van der Waals surface area contributed by atoms with E-state index in [4.69, 9.17) is 8.83 Å². The molecule has 7 aromatic carbocycles. The molecule has 0 saturated carbocycles. The summed E-state index contributed by atoms with van der Waals surface area (Å²) in [5.41, 5.74) is 15.1. The number of anilines is 4. The number of nitrogens with zero attached hydrogens (tertiary/aromatic N) is 2. The van der Waals surface area contributed by atoms with Crippen molar-refractivity contribution in [2.24, 2.45) is 0 Å². The molecule has 0 saturated heterocycles. The van der Waals surface area contributed by atoms with E-state index < -0.39 is 0 Å². The molecule has 0 bridgehead atoms. The van der Waals surface area contributed by atoms with Crippen LogP contribution in [0.3, 0.4) is 0 Å². The lowest BCUT2D eigenvalue weighted by Crippen LogP contribution is -2.18. The third-order valence-corrected chi connectivity index (χ3v) is 11.9. The zero-order valence-electron chi connectivity index (χ0n) is 35.7. The lowest BCUT2D eigenvalue weighted by atomic mass is 9.90. The fourth-order valence-electron chi connectivity index (χ4n) is 9.01. The summed E-state index contributed by atoms with van der Waals surface area (Å²) in [6.45, 7) is 13.8. The van der Waals surface area contributed by atoms with Gasteiger partial charge in [0.25, 0.3) is 0 Å². The van der Waals surface area contributed by atoms with Crippen molar-refractivity contribution in [2.45, 2.75) is 39.5 Å². The number of hydrogen-bond acceptors (Lipinski definition) is 4. The zero-order chi connectivity index (χ0) is 42.4. The monoisotopic (exact) mass is 808 g/mol. The fourth-order valence-corrected chi connectivity index (χ4v) is 9.01. The van der Waals surface area contributed by atoms with Gasteiger partial charge in [-0.3, -0.25) is 0 Å². The summed E-state index contributed by atoms with van der Waals surface area (Å²) in [4.78, 5) is 4.81. The maximum Gasteiger partial charge on any atom is 0.143 e. The van der Waals surface area contributed by atoms with Crippen molar-refractivity contribution in [1.82, 2.24) is 0 Å². The number of rotatable bonds is 16. The maximum absolute atomic E-state index is 7.09. The Morgan fingerprint density at radius 1 is 0.484 bits per heavy atom. The highest BCUT2D eigenvalue weighted by molar-refractivity contribution is 6.21. The molecular formula is C58H52N2O2. The van der Waals surface area contributed by atoms with Crippen molar-refractivity contribution in [3.05, 3.63) is 229 Å². The molecule has 0 fully saturated rings. The summed E-state index contributed by atoms with van der Waals surface area (Å²) in [6, 6.07) is 52.1. The molecule has 62 heavy (non-hydrogen) atoms. The lowest BCUT2D eigenvalue weighted by molar-refractivity contribution is 0.647. The van der Waals surface area contributed by atoms with E-state index >= 15 is 0 Å². The molecule has 0 radical (unpaired) electrons. The van der Waals surface area contributed by atoms with Gasteiger partial charge in [-0.25, -0.2) is 0 Å². The molecular weight excluding hydrogens is 757 g/mol. The second-order valence-electron chi connectivity index (χ2n) is 15.9. The number of para-hydroxylation sites is 2. The van der Waals surface area contributed by atoms with Crippen LogP contribution >= 0.6 is 0 Å². The van der Waals surface area contributed by atoms with Crippen LogP contribution in [0.1, 0.15) is 47.2 Å². The Morgan fingerprint density at radius 3 is 1.34 bits per heavy atom. The van der Waals surface area contributed by atoms with E-state index in [1.165, 1.54) is 39.2 Å². The van der Waals surface area contributed by atoms with Crippen LogP contribution in [0.4, 0.5) is 22.7 Å². The highest BCUT2D eigenvalue weighted by Crippen LogP contribution is 2.47. The van der Waals surface area contributed by atoms with E-state index in [9.17, 15) is 0 Å². The zero-order valence-corrected chi connectivity index (χ0v) is 35.7. The molecule has 0 unspecified atom stereocenters. The largest absolute Gasteiger partial charge is 0.456 e. The van der Waals surface area contributed by atoms with Crippen LogP contribution in [0.15, 0.2) is 204 Å². The minimum atomic E-state index is 0.656. The first-order valence-electron chi connectivity index (χ1n) is 21.7. The van der Waals surface area contributed by atoms with Crippen LogP contribution in [0.25, 0.3) is 43.9 Å². The van der Waals surface area contributed by atoms with Gasteiger partial charge >= 0.3 is 0 Å². The van der Waals surface area contributed by atoms with E-state index in [0.717, 1.165) is 86.7 Å². The van der Waals surface area contributed by atoms with Crippen LogP contribution in [-0.2, 0) is 25.7 Å². The molecule has 0 aliphatic carbocycles. The van der Waals surface area contributed by atoms with Gasteiger partial charge in [0.05, 0.1) is 0 Å². The van der Waals surface area contributed by atoms with Crippen molar-refractivity contribution >= 4 is 66.6 Å². The van der Waals surface area contributed by atoms with Crippen molar-refractivity contribution in [3.8, 4) is 0 Å². The third kappa shape index (κ3) is 7.76. The average molecular weight is 809 g/mol. The lowest BCUT2D eigenvalue weighted by Gasteiger charge is -2.26. The Balaban J connectivity index is 1.36. The van der Waals surface area contributed by atoms with E-state index in [1.54, 1.807) is 0 Å². The molecule has 0 amide bonds. The Morgan fingerprint density at radius 2 is 0.903 bits per heavy atom. The predicted octanol–water partition coefficient (Wildman–Crippen LogP) is 15.6. The number of benzene rings is 7. The number of hydrogen-bond donors (Lipinski definition) is 0. The van der Waals surface area contributed by atoms with Gasteiger partial charge in [0, 0.05) is 69.4 Å². The average Bonchev–Trinajstić information content (AvgIpc) is 3.89. The third-order valence-electron chi connectivity index (χ3n) is 11.9. The predicted molar refractivity (Wildman–Crippen MR) is 264 cm³/mol. The van der Waals surface area contributed by atoms with Gasteiger partial charge in [-0.2, -0.15) is 0 Å². The molecule has 4 nitrogen and oxygen atoms in total. The summed E-state index contributed by atoms with van der Waals surface area (Å²) >= 11 is 0. The fraction of sp³-hybridized carbons (Fsp3) is 0.138. The van der Waals surface area contributed by atoms with Gasteiger partial charge in [0.2, 0.25) is 0 Å². The van der Waals surface area contributed by atoms with Gasteiger partial charge in [0.15, 0.2) is 0 Å². The van der Waals surface area contributed by atoms with Gasteiger partial charge in [-0.1, -0.05) is 134 Å². The summed E-state index contributed by atoms with van der Waals surface area (Å²) in [5, 5.41) is 4.43. The number of fused-ring (bicyclic) bond motifs is 6. The number of furan rings is 2. The molecule has 2 aromatic heterocycles. The molecule has 0 spiro atoms. The molecule has 4 heteroatoms.